The lowest BCUT2D eigenvalue weighted by molar-refractivity contribution is -0.142. The molecule has 10 nitrogen and oxygen atoms in total. The standard InChI is InChI=1S/C24H27N5O5/c25-14-16-7-5-15(6-8-16)9-10-19(30)27-12-11-20(31)28-22(17-3-1-2-4-17)23(33)18-13-21(32)29(26)24(18)34/h5-10,17-18,22H,1-4,11-13,26H2,(H,27,30)(H,28,31)/b10-9+. The molecular weight excluding hydrogens is 438 g/mol. The molecule has 4 N–H and O–H groups in total. The zero-order valence-electron chi connectivity index (χ0n) is 18.7. The van der Waals surface area contributed by atoms with Gasteiger partial charge in [0.2, 0.25) is 17.7 Å². The molecule has 0 bridgehead atoms. The fourth-order valence-electron chi connectivity index (χ4n) is 4.25. The Morgan fingerprint density at radius 3 is 2.44 bits per heavy atom. The predicted octanol–water partition coefficient (Wildman–Crippen LogP) is 0.571. The quantitative estimate of drug-likeness (QED) is 0.158. The summed E-state index contributed by atoms with van der Waals surface area (Å²) in [7, 11) is 0. The first-order valence-corrected chi connectivity index (χ1v) is 11.2. The molecule has 0 spiro atoms. The minimum Gasteiger partial charge on any atom is -0.352 e. The van der Waals surface area contributed by atoms with Gasteiger partial charge < -0.3 is 10.6 Å². The van der Waals surface area contributed by atoms with Crippen molar-refractivity contribution in [2.45, 2.75) is 44.6 Å². The molecule has 1 heterocycles. The Bertz CT molecular complexity index is 1040. The van der Waals surface area contributed by atoms with Crippen LogP contribution in [-0.4, -0.2) is 47.0 Å². The third-order valence-electron chi connectivity index (χ3n) is 6.14. The number of Topliss-reactive ketones (excluding diaryl/α,β-unsaturated/α-hetero) is 1. The molecule has 2 fully saturated rings. The van der Waals surface area contributed by atoms with Crippen molar-refractivity contribution in [1.29, 1.82) is 5.26 Å². The molecule has 2 atom stereocenters. The van der Waals surface area contributed by atoms with Crippen LogP contribution in [0.25, 0.3) is 6.08 Å². The average molecular weight is 466 g/mol. The molecule has 3 rings (SSSR count). The summed E-state index contributed by atoms with van der Waals surface area (Å²) in [5.74, 6) is 1.48. The van der Waals surface area contributed by atoms with E-state index in [0.717, 1.165) is 31.2 Å². The van der Waals surface area contributed by atoms with Crippen LogP contribution in [0.5, 0.6) is 0 Å². The Labute approximate surface area is 197 Å². The van der Waals surface area contributed by atoms with Gasteiger partial charge in [-0.05, 0) is 42.5 Å². The van der Waals surface area contributed by atoms with Gasteiger partial charge in [0.15, 0.2) is 5.78 Å². The first-order chi connectivity index (χ1) is 16.3. The van der Waals surface area contributed by atoms with E-state index in [4.69, 9.17) is 11.1 Å². The molecule has 1 aliphatic heterocycles. The summed E-state index contributed by atoms with van der Waals surface area (Å²) in [6.07, 6.45) is 5.92. The Kier molecular flexibility index (Phi) is 8.27. The lowest BCUT2D eigenvalue weighted by Crippen LogP contribution is -2.50. The number of imide groups is 1. The van der Waals surface area contributed by atoms with Crippen LogP contribution < -0.4 is 16.5 Å². The molecule has 0 aromatic heterocycles. The SMILES string of the molecule is N#Cc1ccc(/C=C/C(=O)NCCC(=O)NC(C(=O)C2CC(=O)N(N)C2=O)C2CCCC2)cc1. The van der Waals surface area contributed by atoms with Crippen molar-refractivity contribution < 1.29 is 24.0 Å². The molecule has 2 aliphatic rings. The number of rotatable bonds is 9. The zero-order valence-corrected chi connectivity index (χ0v) is 18.7. The molecular formula is C24H27N5O5. The van der Waals surface area contributed by atoms with E-state index in [1.807, 2.05) is 6.07 Å². The Balaban J connectivity index is 1.51. The third-order valence-corrected chi connectivity index (χ3v) is 6.14. The van der Waals surface area contributed by atoms with Crippen LogP contribution in [0.1, 0.15) is 49.7 Å². The van der Waals surface area contributed by atoms with Gasteiger partial charge >= 0.3 is 0 Å². The van der Waals surface area contributed by atoms with Gasteiger partial charge in [0.25, 0.3) is 5.91 Å². The molecule has 34 heavy (non-hydrogen) atoms. The van der Waals surface area contributed by atoms with Gasteiger partial charge in [-0.25, -0.2) is 10.9 Å². The second-order valence-electron chi connectivity index (χ2n) is 8.46. The van der Waals surface area contributed by atoms with E-state index in [9.17, 15) is 24.0 Å². The number of hydrogen-bond donors (Lipinski definition) is 3. The van der Waals surface area contributed by atoms with Crippen LogP contribution in [0.2, 0.25) is 0 Å². The van der Waals surface area contributed by atoms with E-state index in [1.54, 1.807) is 30.3 Å². The van der Waals surface area contributed by atoms with Crippen molar-refractivity contribution >= 4 is 35.5 Å². The number of carbonyl (C=O) groups excluding carboxylic acids is 5. The first-order valence-electron chi connectivity index (χ1n) is 11.2. The van der Waals surface area contributed by atoms with Crippen molar-refractivity contribution in [2.75, 3.05) is 6.54 Å². The number of benzene rings is 1. The highest BCUT2D eigenvalue weighted by molar-refractivity contribution is 6.15. The van der Waals surface area contributed by atoms with Crippen LogP contribution >= 0.6 is 0 Å². The molecule has 178 valence electrons. The Morgan fingerprint density at radius 2 is 1.85 bits per heavy atom. The van der Waals surface area contributed by atoms with Crippen LogP contribution in [0, 0.1) is 23.2 Å². The predicted molar refractivity (Wildman–Crippen MR) is 121 cm³/mol. The Hall–Kier alpha value is -3.84. The number of nitrogens with zero attached hydrogens (tertiary/aromatic N) is 2. The van der Waals surface area contributed by atoms with Gasteiger partial charge in [-0.15, -0.1) is 0 Å². The van der Waals surface area contributed by atoms with E-state index in [1.165, 1.54) is 6.08 Å². The maximum Gasteiger partial charge on any atom is 0.254 e. The number of hydrogen-bond acceptors (Lipinski definition) is 7. The fourth-order valence-corrected chi connectivity index (χ4v) is 4.25. The summed E-state index contributed by atoms with van der Waals surface area (Å²) in [6, 6.07) is 7.86. The Morgan fingerprint density at radius 1 is 1.18 bits per heavy atom. The van der Waals surface area contributed by atoms with E-state index in [-0.39, 0.29) is 25.3 Å². The molecule has 1 aromatic rings. The monoisotopic (exact) mass is 465 g/mol. The van der Waals surface area contributed by atoms with Gasteiger partial charge in [-0.1, -0.05) is 25.0 Å². The number of amides is 4. The summed E-state index contributed by atoms with van der Waals surface area (Å²) >= 11 is 0. The number of nitriles is 1. The number of nitrogens with two attached hydrogens (primary N) is 1. The second-order valence-corrected chi connectivity index (χ2v) is 8.46. The first kappa shape index (κ1) is 24.8. The largest absolute Gasteiger partial charge is 0.352 e. The molecule has 1 saturated carbocycles. The number of hydrazine groups is 1. The van der Waals surface area contributed by atoms with E-state index in [0.29, 0.717) is 10.6 Å². The maximum absolute atomic E-state index is 13.0. The molecule has 1 aliphatic carbocycles. The molecule has 10 heteroatoms. The number of nitrogens with one attached hydrogen (secondary N) is 2. The van der Waals surface area contributed by atoms with E-state index < -0.39 is 41.4 Å². The van der Waals surface area contributed by atoms with Crippen LogP contribution in [-0.2, 0) is 24.0 Å². The summed E-state index contributed by atoms with van der Waals surface area (Å²) < 4.78 is 0. The van der Waals surface area contributed by atoms with Crippen molar-refractivity contribution in [2.24, 2.45) is 17.7 Å². The van der Waals surface area contributed by atoms with Gasteiger partial charge in [0.1, 0.15) is 5.92 Å². The topological polar surface area (TPSA) is 162 Å². The van der Waals surface area contributed by atoms with E-state index in [2.05, 4.69) is 10.6 Å². The van der Waals surface area contributed by atoms with Crippen LogP contribution in [0.4, 0.5) is 0 Å². The third kappa shape index (κ3) is 6.14. The summed E-state index contributed by atoms with van der Waals surface area (Å²) in [5, 5.41) is 14.6. The van der Waals surface area contributed by atoms with Crippen molar-refractivity contribution in [1.82, 2.24) is 15.6 Å². The maximum atomic E-state index is 13.0. The van der Waals surface area contributed by atoms with Crippen LogP contribution in [0.3, 0.4) is 0 Å². The molecule has 4 amide bonds. The molecule has 0 radical (unpaired) electrons. The number of ketones is 1. The zero-order chi connectivity index (χ0) is 24.7. The second kappa shape index (κ2) is 11.3. The van der Waals surface area contributed by atoms with Gasteiger partial charge in [0, 0.05) is 25.5 Å². The van der Waals surface area contributed by atoms with Gasteiger partial charge in [-0.3, -0.25) is 24.0 Å². The summed E-state index contributed by atoms with van der Waals surface area (Å²) in [6.45, 7) is 0.0609. The fraction of sp³-hybridized carbons (Fsp3) is 0.417. The van der Waals surface area contributed by atoms with Gasteiger partial charge in [-0.2, -0.15) is 5.26 Å². The molecule has 1 saturated heterocycles. The minimum atomic E-state index is -1.17. The average Bonchev–Trinajstić information content (AvgIpc) is 3.46. The highest BCUT2D eigenvalue weighted by Crippen LogP contribution is 2.31. The smallest absolute Gasteiger partial charge is 0.254 e. The molecule has 2 unspecified atom stereocenters. The number of carbonyl (C=O) groups is 5. The van der Waals surface area contributed by atoms with Crippen molar-refractivity contribution in [3.05, 3.63) is 41.5 Å². The normalized spacial score (nSPS) is 19.3. The van der Waals surface area contributed by atoms with Crippen LogP contribution in [0.15, 0.2) is 30.3 Å². The van der Waals surface area contributed by atoms with E-state index >= 15 is 0 Å². The summed E-state index contributed by atoms with van der Waals surface area (Å²) in [4.78, 5) is 61.5. The lowest BCUT2D eigenvalue weighted by Gasteiger charge is -2.25. The van der Waals surface area contributed by atoms with Crippen molar-refractivity contribution in [3.8, 4) is 6.07 Å². The van der Waals surface area contributed by atoms with Gasteiger partial charge in [0.05, 0.1) is 17.7 Å². The minimum absolute atomic E-state index is 0.0481. The van der Waals surface area contributed by atoms with Crippen molar-refractivity contribution in [3.63, 3.8) is 0 Å². The summed E-state index contributed by atoms with van der Waals surface area (Å²) in [5.41, 5.74) is 1.27. The lowest BCUT2D eigenvalue weighted by atomic mass is 9.87. The highest BCUT2D eigenvalue weighted by Gasteiger charge is 2.46. The highest BCUT2D eigenvalue weighted by atomic mass is 16.2. The molecule has 1 aromatic carbocycles.